The van der Waals surface area contributed by atoms with Crippen LogP contribution in [0.25, 0.3) is 0 Å². The number of hydrogen-bond acceptors (Lipinski definition) is 2. The second-order valence-corrected chi connectivity index (χ2v) is 4.85. The molecule has 0 spiro atoms. The Hall–Kier alpha value is -0.0900. The van der Waals surface area contributed by atoms with Crippen LogP contribution in [0.4, 0.5) is 0 Å². The third-order valence-electron chi connectivity index (χ3n) is 2.33. The highest BCUT2D eigenvalue weighted by Gasteiger charge is 2.09. The molecule has 0 unspecified atom stereocenters. The quantitative estimate of drug-likeness (QED) is 0.818. The van der Waals surface area contributed by atoms with Crippen LogP contribution in [0.5, 0.6) is 0 Å². The van der Waals surface area contributed by atoms with Crippen LogP contribution < -0.4 is 11.5 Å². The smallest absolute Gasteiger partial charge is 0.0417 e. The van der Waals surface area contributed by atoms with Crippen molar-refractivity contribution in [2.24, 2.45) is 11.5 Å². The molecule has 0 fully saturated rings. The highest BCUT2D eigenvalue weighted by atomic mass is 79.9. The minimum Gasteiger partial charge on any atom is -0.330 e. The number of hydrogen-bond donors (Lipinski definition) is 2. The van der Waals surface area contributed by atoms with Crippen LogP contribution in [-0.4, -0.2) is 6.54 Å². The topological polar surface area (TPSA) is 52.0 Å². The summed E-state index contributed by atoms with van der Waals surface area (Å²) in [6.45, 7) is 0.731. The van der Waals surface area contributed by atoms with Gasteiger partial charge < -0.3 is 11.5 Å². The Morgan fingerprint density at radius 1 is 1.33 bits per heavy atom. The maximum absolute atomic E-state index is 6.07. The lowest BCUT2D eigenvalue weighted by molar-refractivity contribution is 0.589. The highest BCUT2D eigenvalue weighted by Crippen LogP contribution is 2.27. The van der Waals surface area contributed by atoms with Crippen LogP contribution in [-0.2, 0) is 0 Å². The second kappa shape index (κ2) is 6.48. The summed E-state index contributed by atoms with van der Waals surface area (Å²) in [4.78, 5) is 0. The first-order valence-corrected chi connectivity index (χ1v) is 6.23. The summed E-state index contributed by atoms with van der Waals surface area (Å²) < 4.78 is 0.982. The molecule has 15 heavy (non-hydrogen) atoms. The van der Waals surface area contributed by atoms with Gasteiger partial charge in [0, 0.05) is 15.5 Å². The number of rotatable bonds is 5. The van der Waals surface area contributed by atoms with Gasteiger partial charge in [0.15, 0.2) is 0 Å². The van der Waals surface area contributed by atoms with E-state index in [9.17, 15) is 0 Å². The molecular weight excluding hydrogens is 275 g/mol. The van der Waals surface area contributed by atoms with Gasteiger partial charge >= 0.3 is 0 Å². The Morgan fingerprint density at radius 2 is 2.07 bits per heavy atom. The van der Waals surface area contributed by atoms with Gasteiger partial charge in [-0.25, -0.2) is 0 Å². The molecule has 0 saturated heterocycles. The summed E-state index contributed by atoms with van der Waals surface area (Å²) in [6, 6.07) is 5.77. The van der Waals surface area contributed by atoms with Gasteiger partial charge in [0.05, 0.1) is 0 Å². The van der Waals surface area contributed by atoms with Gasteiger partial charge in [0.1, 0.15) is 0 Å². The van der Waals surface area contributed by atoms with Crippen molar-refractivity contribution in [3.8, 4) is 0 Å². The second-order valence-electron chi connectivity index (χ2n) is 3.56. The lowest BCUT2D eigenvalue weighted by Crippen LogP contribution is -2.11. The molecule has 4 heteroatoms. The first-order chi connectivity index (χ1) is 7.15. The zero-order chi connectivity index (χ0) is 11.3. The highest BCUT2D eigenvalue weighted by molar-refractivity contribution is 9.10. The summed E-state index contributed by atoms with van der Waals surface area (Å²) in [5, 5.41) is 0.722. The van der Waals surface area contributed by atoms with E-state index in [1.54, 1.807) is 0 Å². The first kappa shape index (κ1) is 13.0. The molecule has 0 aromatic heterocycles. The first-order valence-electron chi connectivity index (χ1n) is 5.05. The van der Waals surface area contributed by atoms with Crippen LogP contribution in [0.2, 0.25) is 5.02 Å². The minimum atomic E-state index is 0.0585. The van der Waals surface area contributed by atoms with Crippen molar-refractivity contribution in [1.29, 1.82) is 0 Å². The van der Waals surface area contributed by atoms with Gasteiger partial charge in [-0.2, -0.15) is 0 Å². The predicted molar refractivity (Wildman–Crippen MR) is 69.0 cm³/mol. The maximum atomic E-state index is 6.07. The number of benzene rings is 1. The number of nitrogens with two attached hydrogens (primary N) is 2. The van der Waals surface area contributed by atoms with Crippen LogP contribution in [0.3, 0.4) is 0 Å². The summed E-state index contributed by atoms with van der Waals surface area (Å²) in [5.74, 6) is 0. The molecule has 0 amide bonds. The van der Waals surface area contributed by atoms with E-state index in [-0.39, 0.29) is 6.04 Å². The molecule has 1 atom stereocenters. The largest absolute Gasteiger partial charge is 0.330 e. The Balaban J connectivity index is 2.61. The van der Waals surface area contributed by atoms with Gasteiger partial charge in [-0.1, -0.05) is 40.0 Å². The van der Waals surface area contributed by atoms with Crippen molar-refractivity contribution < 1.29 is 0 Å². The zero-order valence-electron chi connectivity index (χ0n) is 8.55. The van der Waals surface area contributed by atoms with E-state index in [4.69, 9.17) is 23.1 Å². The number of halogens is 2. The van der Waals surface area contributed by atoms with E-state index < -0.39 is 0 Å². The molecule has 1 aromatic rings. The molecule has 2 nitrogen and oxygen atoms in total. The number of unbranched alkanes of at least 4 members (excludes halogenated alkanes) is 1. The average molecular weight is 292 g/mol. The summed E-state index contributed by atoms with van der Waals surface area (Å²) >= 11 is 9.33. The Kier molecular flexibility index (Phi) is 5.61. The van der Waals surface area contributed by atoms with Gasteiger partial charge in [0.25, 0.3) is 0 Å². The van der Waals surface area contributed by atoms with Gasteiger partial charge in [-0.05, 0) is 37.1 Å². The van der Waals surface area contributed by atoms with Gasteiger partial charge in [-0.3, -0.25) is 0 Å². The average Bonchev–Trinajstić information content (AvgIpc) is 2.17. The fourth-order valence-corrected chi connectivity index (χ4v) is 2.44. The third kappa shape index (κ3) is 4.11. The minimum absolute atomic E-state index is 0.0585. The normalized spacial score (nSPS) is 12.8. The van der Waals surface area contributed by atoms with Crippen LogP contribution in [0, 0.1) is 0 Å². The molecular formula is C11H16BrClN2. The van der Waals surface area contributed by atoms with Crippen molar-refractivity contribution in [1.82, 2.24) is 0 Å². The van der Waals surface area contributed by atoms with Crippen molar-refractivity contribution in [3.05, 3.63) is 33.3 Å². The predicted octanol–water partition coefficient (Wildman–Crippen LogP) is 3.23. The van der Waals surface area contributed by atoms with Crippen molar-refractivity contribution >= 4 is 27.5 Å². The fourth-order valence-electron chi connectivity index (χ4n) is 1.47. The maximum Gasteiger partial charge on any atom is 0.0417 e. The molecule has 0 aliphatic rings. The van der Waals surface area contributed by atoms with E-state index in [1.165, 1.54) is 0 Å². The molecule has 84 valence electrons. The Labute approximate surface area is 104 Å². The molecule has 0 saturated carbocycles. The summed E-state index contributed by atoms with van der Waals surface area (Å²) in [7, 11) is 0. The molecule has 0 bridgehead atoms. The lowest BCUT2D eigenvalue weighted by Gasteiger charge is -2.13. The van der Waals surface area contributed by atoms with E-state index in [2.05, 4.69) is 15.9 Å². The Morgan fingerprint density at radius 3 is 2.67 bits per heavy atom. The summed E-state index contributed by atoms with van der Waals surface area (Å²) in [5.41, 5.74) is 12.6. The molecule has 0 aliphatic carbocycles. The summed E-state index contributed by atoms with van der Waals surface area (Å²) in [6.07, 6.45) is 3.04. The van der Waals surface area contributed by atoms with Crippen molar-refractivity contribution in [2.45, 2.75) is 25.3 Å². The third-order valence-corrected chi connectivity index (χ3v) is 3.25. The van der Waals surface area contributed by atoms with Crippen LogP contribution in [0.15, 0.2) is 22.7 Å². The van der Waals surface area contributed by atoms with Gasteiger partial charge in [0.2, 0.25) is 0 Å². The fraction of sp³-hybridized carbons (Fsp3) is 0.455. The van der Waals surface area contributed by atoms with E-state index in [0.717, 1.165) is 40.9 Å². The molecule has 0 heterocycles. The standard InChI is InChI=1S/C11H16BrClN2/c12-10-7-8(13)4-5-9(10)11(15)3-1-2-6-14/h4-5,7,11H,1-3,6,14-15H2/t11-/m0/s1. The van der Waals surface area contributed by atoms with Crippen LogP contribution >= 0.6 is 27.5 Å². The molecule has 0 aliphatic heterocycles. The Bertz CT molecular complexity index is 317. The van der Waals surface area contributed by atoms with Crippen molar-refractivity contribution in [3.63, 3.8) is 0 Å². The SMILES string of the molecule is NCCCC[C@H](N)c1ccc(Cl)cc1Br. The van der Waals surface area contributed by atoms with Crippen LogP contribution in [0.1, 0.15) is 30.9 Å². The van der Waals surface area contributed by atoms with Crippen molar-refractivity contribution in [2.75, 3.05) is 6.54 Å². The zero-order valence-corrected chi connectivity index (χ0v) is 10.9. The molecule has 1 aromatic carbocycles. The molecule has 0 radical (unpaired) electrons. The molecule has 1 rings (SSSR count). The van der Waals surface area contributed by atoms with E-state index >= 15 is 0 Å². The van der Waals surface area contributed by atoms with E-state index in [0.29, 0.717) is 0 Å². The molecule has 4 N–H and O–H groups in total. The van der Waals surface area contributed by atoms with Gasteiger partial charge in [-0.15, -0.1) is 0 Å². The van der Waals surface area contributed by atoms with E-state index in [1.807, 2.05) is 18.2 Å². The lowest BCUT2D eigenvalue weighted by atomic mass is 10.0. The monoisotopic (exact) mass is 290 g/mol.